The summed E-state index contributed by atoms with van der Waals surface area (Å²) in [5, 5.41) is 10.5. The second kappa shape index (κ2) is 8.15. The van der Waals surface area contributed by atoms with Gasteiger partial charge in [-0.1, -0.05) is 39.0 Å². The lowest BCUT2D eigenvalue weighted by Crippen LogP contribution is -2.35. The number of nitrogens with one attached hydrogen (secondary N) is 2. The number of carbonyl (C=O) groups is 2. The number of thiazole rings is 1. The smallest absolute Gasteiger partial charge is 0.313 e. The summed E-state index contributed by atoms with van der Waals surface area (Å²) < 4.78 is 2.24. The van der Waals surface area contributed by atoms with Gasteiger partial charge in [0.15, 0.2) is 0 Å². The van der Waals surface area contributed by atoms with Crippen molar-refractivity contribution >= 4 is 50.6 Å². The molecular weight excluding hydrogens is 408 g/mol. The van der Waals surface area contributed by atoms with Gasteiger partial charge in [0.25, 0.3) is 0 Å². The lowest BCUT2D eigenvalue weighted by molar-refractivity contribution is -0.136. The summed E-state index contributed by atoms with van der Waals surface area (Å²) in [6.07, 6.45) is 0. The number of benzene rings is 2. The standard InChI is InChI=1S/C24H26N4O2S/c1-5-28-19-9-7-6-8-17(19)18-12-15(10-11-20(18)28)26-22(30)21(29)25-13-16-14-31-23(27-16)24(2,3)4/h6-12,14H,5,13H2,1-4H3,(H,25,29)(H,26,30). The average Bonchev–Trinajstić information content (AvgIpc) is 3.34. The molecule has 4 aromatic rings. The monoisotopic (exact) mass is 434 g/mol. The molecule has 0 aliphatic rings. The normalized spacial score (nSPS) is 11.7. The van der Waals surface area contributed by atoms with Crippen LogP contribution in [-0.2, 0) is 28.1 Å². The Morgan fingerprint density at radius 2 is 1.77 bits per heavy atom. The van der Waals surface area contributed by atoms with Gasteiger partial charge in [0, 0.05) is 44.8 Å². The van der Waals surface area contributed by atoms with Crippen LogP contribution in [0.25, 0.3) is 21.8 Å². The van der Waals surface area contributed by atoms with Crippen molar-refractivity contribution in [2.75, 3.05) is 5.32 Å². The Morgan fingerprint density at radius 3 is 2.48 bits per heavy atom. The highest BCUT2D eigenvalue weighted by atomic mass is 32.1. The topological polar surface area (TPSA) is 76.0 Å². The average molecular weight is 435 g/mol. The molecule has 6 nitrogen and oxygen atoms in total. The minimum Gasteiger partial charge on any atom is -0.342 e. The maximum Gasteiger partial charge on any atom is 0.313 e. The van der Waals surface area contributed by atoms with Gasteiger partial charge in [-0.2, -0.15) is 0 Å². The molecule has 0 unspecified atom stereocenters. The first-order chi connectivity index (χ1) is 14.8. The van der Waals surface area contributed by atoms with Crippen LogP contribution in [0.2, 0.25) is 0 Å². The van der Waals surface area contributed by atoms with Crippen molar-refractivity contribution in [3.05, 3.63) is 58.5 Å². The van der Waals surface area contributed by atoms with Crippen LogP contribution >= 0.6 is 11.3 Å². The molecule has 4 rings (SSSR count). The maximum absolute atomic E-state index is 12.4. The lowest BCUT2D eigenvalue weighted by atomic mass is 9.98. The third-order valence-electron chi connectivity index (χ3n) is 5.18. The summed E-state index contributed by atoms with van der Waals surface area (Å²) in [4.78, 5) is 29.3. The molecule has 2 heterocycles. The van der Waals surface area contributed by atoms with Crippen molar-refractivity contribution < 1.29 is 9.59 Å². The highest BCUT2D eigenvalue weighted by molar-refractivity contribution is 7.09. The maximum atomic E-state index is 12.4. The Morgan fingerprint density at radius 1 is 1.03 bits per heavy atom. The second-order valence-electron chi connectivity index (χ2n) is 8.52. The largest absolute Gasteiger partial charge is 0.342 e. The molecule has 31 heavy (non-hydrogen) atoms. The van der Waals surface area contributed by atoms with Crippen molar-refractivity contribution in [1.82, 2.24) is 14.9 Å². The van der Waals surface area contributed by atoms with Crippen LogP contribution in [0.1, 0.15) is 38.4 Å². The number of hydrogen-bond donors (Lipinski definition) is 2. The Hall–Kier alpha value is -3.19. The predicted molar refractivity (Wildman–Crippen MR) is 126 cm³/mol. The van der Waals surface area contributed by atoms with Crippen LogP contribution in [0.5, 0.6) is 0 Å². The highest BCUT2D eigenvalue weighted by Crippen LogP contribution is 2.31. The number of amides is 2. The van der Waals surface area contributed by atoms with Crippen LogP contribution in [0.3, 0.4) is 0 Å². The van der Waals surface area contributed by atoms with Gasteiger partial charge >= 0.3 is 11.8 Å². The van der Waals surface area contributed by atoms with E-state index >= 15 is 0 Å². The summed E-state index contributed by atoms with van der Waals surface area (Å²) in [6, 6.07) is 13.9. The molecule has 0 spiro atoms. The Bertz CT molecular complexity index is 1280. The van der Waals surface area contributed by atoms with Gasteiger partial charge in [0.05, 0.1) is 17.2 Å². The number of aromatic nitrogens is 2. The van der Waals surface area contributed by atoms with Gasteiger partial charge in [-0.05, 0) is 31.2 Å². The third kappa shape index (κ3) is 4.18. The molecule has 2 amide bonds. The number of hydrogen-bond acceptors (Lipinski definition) is 4. The predicted octanol–water partition coefficient (Wildman–Crippen LogP) is 4.82. The molecule has 0 fully saturated rings. The number of carbonyl (C=O) groups excluding carboxylic acids is 2. The summed E-state index contributed by atoms with van der Waals surface area (Å²) in [5.41, 5.74) is 3.56. The van der Waals surface area contributed by atoms with Gasteiger partial charge in [0.1, 0.15) is 0 Å². The summed E-state index contributed by atoms with van der Waals surface area (Å²) in [7, 11) is 0. The number of aryl methyl sites for hydroxylation is 1. The molecule has 0 saturated heterocycles. The Balaban J connectivity index is 1.47. The number of anilines is 1. The molecule has 0 radical (unpaired) electrons. The van der Waals surface area contributed by atoms with E-state index in [1.54, 1.807) is 11.3 Å². The van der Waals surface area contributed by atoms with Gasteiger partial charge in [-0.15, -0.1) is 11.3 Å². The van der Waals surface area contributed by atoms with Crippen molar-refractivity contribution in [1.29, 1.82) is 0 Å². The highest BCUT2D eigenvalue weighted by Gasteiger charge is 2.19. The molecule has 160 valence electrons. The van der Waals surface area contributed by atoms with E-state index in [1.807, 2.05) is 35.7 Å². The molecule has 2 N–H and O–H groups in total. The number of fused-ring (bicyclic) bond motifs is 3. The van der Waals surface area contributed by atoms with Crippen molar-refractivity contribution in [3.8, 4) is 0 Å². The zero-order chi connectivity index (χ0) is 22.2. The molecule has 0 bridgehead atoms. The molecule has 2 aromatic carbocycles. The second-order valence-corrected chi connectivity index (χ2v) is 9.38. The zero-order valence-electron chi connectivity index (χ0n) is 18.2. The van der Waals surface area contributed by atoms with Crippen LogP contribution < -0.4 is 10.6 Å². The Labute approximate surface area is 185 Å². The third-order valence-corrected chi connectivity index (χ3v) is 6.49. The number of para-hydroxylation sites is 1. The van der Waals surface area contributed by atoms with E-state index in [2.05, 4.69) is 60.0 Å². The molecule has 0 aliphatic heterocycles. The first-order valence-corrected chi connectivity index (χ1v) is 11.2. The summed E-state index contributed by atoms with van der Waals surface area (Å²) in [5.74, 6) is -1.37. The van der Waals surface area contributed by atoms with E-state index in [1.165, 1.54) is 0 Å². The minimum absolute atomic E-state index is 0.0379. The van der Waals surface area contributed by atoms with Gasteiger partial charge in [-0.3, -0.25) is 9.59 Å². The quantitative estimate of drug-likeness (QED) is 0.452. The zero-order valence-corrected chi connectivity index (χ0v) is 19.0. The van der Waals surface area contributed by atoms with Crippen LogP contribution in [0, 0.1) is 0 Å². The van der Waals surface area contributed by atoms with Crippen molar-refractivity contribution in [2.45, 2.75) is 46.2 Å². The fraction of sp³-hybridized carbons (Fsp3) is 0.292. The number of rotatable bonds is 4. The van der Waals surface area contributed by atoms with Gasteiger partial charge in [0.2, 0.25) is 0 Å². The lowest BCUT2D eigenvalue weighted by Gasteiger charge is -2.13. The minimum atomic E-state index is -0.690. The Kier molecular flexibility index (Phi) is 5.54. The van der Waals surface area contributed by atoms with E-state index < -0.39 is 11.8 Å². The van der Waals surface area contributed by atoms with E-state index in [0.29, 0.717) is 5.69 Å². The fourth-order valence-electron chi connectivity index (χ4n) is 3.64. The van der Waals surface area contributed by atoms with Gasteiger partial charge < -0.3 is 15.2 Å². The summed E-state index contributed by atoms with van der Waals surface area (Å²) in [6.45, 7) is 9.47. The first kappa shape index (κ1) is 21.1. The van der Waals surface area contributed by atoms with Crippen LogP contribution in [0.4, 0.5) is 5.69 Å². The number of nitrogens with zero attached hydrogens (tertiary/aromatic N) is 2. The molecular formula is C24H26N4O2S. The van der Waals surface area contributed by atoms with E-state index in [9.17, 15) is 9.59 Å². The summed E-state index contributed by atoms with van der Waals surface area (Å²) >= 11 is 1.56. The molecule has 2 aromatic heterocycles. The van der Waals surface area contributed by atoms with Gasteiger partial charge in [-0.25, -0.2) is 4.98 Å². The van der Waals surface area contributed by atoms with Crippen LogP contribution in [-0.4, -0.2) is 21.4 Å². The van der Waals surface area contributed by atoms with Crippen molar-refractivity contribution in [3.63, 3.8) is 0 Å². The van der Waals surface area contributed by atoms with Crippen LogP contribution in [0.15, 0.2) is 47.8 Å². The van der Waals surface area contributed by atoms with E-state index in [4.69, 9.17) is 0 Å². The molecule has 0 saturated carbocycles. The molecule has 0 aliphatic carbocycles. The fourth-order valence-corrected chi connectivity index (χ4v) is 4.55. The van der Waals surface area contributed by atoms with Crippen molar-refractivity contribution in [2.24, 2.45) is 0 Å². The van der Waals surface area contributed by atoms with E-state index in [-0.39, 0.29) is 12.0 Å². The van der Waals surface area contributed by atoms with E-state index in [0.717, 1.165) is 39.1 Å². The first-order valence-electron chi connectivity index (χ1n) is 10.3. The molecule has 7 heteroatoms. The molecule has 0 atom stereocenters. The SMILES string of the molecule is CCn1c2ccccc2c2cc(NC(=O)C(=O)NCc3csc(C(C)(C)C)n3)ccc21.